The molecule has 128 valence electrons. The van der Waals surface area contributed by atoms with Crippen molar-refractivity contribution in [1.29, 1.82) is 0 Å². The molecule has 1 aromatic rings. The molecule has 8 nitrogen and oxygen atoms in total. The molecule has 2 heterocycles. The summed E-state index contributed by atoms with van der Waals surface area (Å²) in [6.07, 6.45) is -0.271. The first kappa shape index (κ1) is 19.4. The summed E-state index contributed by atoms with van der Waals surface area (Å²) in [6, 6.07) is 5.57. The van der Waals surface area contributed by atoms with Crippen LogP contribution in [0.15, 0.2) is 29.4 Å². The minimum Gasteiger partial charge on any atom is -0.391 e. The van der Waals surface area contributed by atoms with E-state index in [4.69, 9.17) is 0 Å². The van der Waals surface area contributed by atoms with Crippen LogP contribution in [-0.2, 0) is 4.79 Å². The Morgan fingerprint density at radius 1 is 1.42 bits per heavy atom. The van der Waals surface area contributed by atoms with E-state index < -0.39 is 17.1 Å². The molecule has 0 aromatic heterocycles. The molecule has 1 aromatic carbocycles. The van der Waals surface area contributed by atoms with Crippen LogP contribution in [0, 0.1) is 10.1 Å². The summed E-state index contributed by atoms with van der Waals surface area (Å²) in [5, 5.41) is 24.5. The molecule has 0 unspecified atom stereocenters. The van der Waals surface area contributed by atoms with Gasteiger partial charge in [-0.25, -0.2) is 5.43 Å². The highest BCUT2D eigenvalue weighted by Crippen LogP contribution is 2.25. The lowest BCUT2D eigenvalue weighted by atomic mass is 10.1. The fraction of sp³-hybridized carbons (Fsp3) is 0.333. The van der Waals surface area contributed by atoms with Gasteiger partial charge in [-0.05, 0) is 0 Å². The molecule has 0 radical (unpaired) electrons. The van der Waals surface area contributed by atoms with Gasteiger partial charge in [0.15, 0.2) is 5.84 Å². The Labute approximate surface area is 162 Å². The Bertz CT molecular complexity index is 673. The molecule has 0 spiro atoms. The van der Waals surface area contributed by atoms with Crippen molar-refractivity contribution >= 4 is 67.9 Å². The number of halogens is 3. The summed E-state index contributed by atoms with van der Waals surface area (Å²) in [7, 11) is 0. The second kappa shape index (κ2) is 8.41. The molecule has 2 atom stereocenters. The smallest absolute Gasteiger partial charge is 0.369 e. The van der Waals surface area contributed by atoms with Gasteiger partial charge >= 0.3 is 3.18 Å². The average molecular weight is 527 g/mol. The Kier molecular flexibility index (Phi) is 6.78. The number of hydrogen-bond acceptors (Lipinski definition) is 6. The van der Waals surface area contributed by atoms with Gasteiger partial charge in [-0.1, -0.05) is 12.1 Å². The normalized spacial score (nSPS) is 21.9. The third kappa shape index (κ3) is 4.77. The van der Waals surface area contributed by atoms with Gasteiger partial charge in [0.1, 0.15) is 6.04 Å². The summed E-state index contributed by atoms with van der Waals surface area (Å²) in [5.74, 6) is 0.172. The highest BCUT2D eigenvalue weighted by molar-refractivity contribution is 9.69. The molecular weight excluding hydrogens is 515 g/mol. The van der Waals surface area contributed by atoms with E-state index in [1.807, 2.05) is 0 Å². The Hall–Kier alpha value is -0.975. The van der Waals surface area contributed by atoms with Crippen LogP contribution >= 0.6 is 47.3 Å². The number of rotatable bonds is 2. The average Bonchev–Trinajstić information content (AvgIpc) is 2.89. The van der Waals surface area contributed by atoms with E-state index in [1.165, 1.54) is 12.1 Å². The molecule has 1 amide bonds. The molecule has 2 aliphatic heterocycles. The molecule has 1 fully saturated rings. The first-order valence-corrected chi connectivity index (χ1v) is 9.53. The fourth-order valence-corrected chi connectivity index (χ4v) is 2.53. The van der Waals surface area contributed by atoms with Crippen LogP contribution in [0.1, 0.15) is 12.0 Å². The summed E-state index contributed by atoms with van der Waals surface area (Å²) in [6.45, 7) is 0.291. The minimum absolute atomic E-state index is 0.0432. The number of hydrogen-bond donors (Lipinski definition) is 2. The maximum atomic E-state index is 11.7. The second-order valence-electron chi connectivity index (χ2n) is 5.02. The van der Waals surface area contributed by atoms with Crippen LogP contribution in [0.25, 0.3) is 0 Å². The molecule has 12 heteroatoms. The molecule has 24 heavy (non-hydrogen) atoms. The van der Waals surface area contributed by atoms with Crippen LogP contribution in [0.5, 0.6) is 0 Å². The lowest BCUT2D eigenvalue weighted by Gasteiger charge is -2.30. The lowest BCUT2D eigenvalue weighted by Crippen LogP contribution is -2.50. The minimum atomic E-state index is -0.604. The summed E-state index contributed by atoms with van der Waals surface area (Å²) < 4.78 is 0.271. The number of carbonyl (C=O) groups excluding carboxylic acids is 1. The van der Waals surface area contributed by atoms with Crippen LogP contribution in [-0.4, -0.2) is 48.5 Å². The van der Waals surface area contributed by atoms with E-state index in [0.29, 0.717) is 24.4 Å². The topological polar surface area (TPSA) is 108 Å². The van der Waals surface area contributed by atoms with Crippen molar-refractivity contribution in [2.24, 2.45) is 5.10 Å². The maximum Gasteiger partial charge on any atom is 0.369 e. The number of amidine groups is 1. The van der Waals surface area contributed by atoms with Crippen LogP contribution in [0.4, 0.5) is 5.69 Å². The van der Waals surface area contributed by atoms with E-state index in [-0.39, 0.29) is 14.8 Å². The van der Waals surface area contributed by atoms with Crippen molar-refractivity contribution in [2.75, 3.05) is 6.54 Å². The largest absolute Gasteiger partial charge is 0.391 e. The number of hydrazone groups is 1. The summed E-state index contributed by atoms with van der Waals surface area (Å²) in [5.41, 5.74) is 2.89. The Morgan fingerprint density at radius 3 is 2.71 bits per heavy atom. The van der Waals surface area contributed by atoms with Crippen molar-refractivity contribution in [3.05, 3.63) is 39.9 Å². The SMILES string of the molecule is BrB(Br)Br.O=C1NN=C(c2cccc([N+](=O)[O-])c2)N2C[C@H](O)C[C@@H]12. The van der Waals surface area contributed by atoms with Crippen molar-refractivity contribution < 1.29 is 14.8 Å². The zero-order valence-electron chi connectivity index (χ0n) is 12.1. The molecule has 3 rings (SSSR count). The van der Waals surface area contributed by atoms with E-state index >= 15 is 0 Å². The van der Waals surface area contributed by atoms with Gasteiger partial charge in [0.2, 0.25) is 0 Å². The third-order valence-corrected chi connectivity index (χ3v) is 3.44. The first-order valence-electron chi connectivity index (χ1n) is 6.79. The number of carbonyl (C=O) groups is 1. The lowest BCUT2D eigenvalue weighted by molar-refractivity contribution is -0.384. The number of nitrogens with one attached hydrogen (secondary N) is 1. The van der Waals surface area contributed by atoms with Gasteiger partial charge in [-0.3, -0.25) is 14.9 Å². The molecule has 2 aliphatic rings. The summed E-state index contributed by atoms with van der Waals surface area (Å²) >= 11 is 9.31. The maximum absolute atomic E-state index is 11.7. The van der Waals surface area contributed by atoms with Crippen molar-refractivity contribution in [3.63, 3.8) is 0 Å². The Morgan fingerprint density at radius 2 is 2.08 bits per heavy atom. The molecule has 0 saturated carbocycles. The monoisotopic (exact) mass is 524 g/mol. The van der Waals surface area contributed by atoms with Gasteiger partial charge < -0.3 is 10.0 Å². The number of nitro groups is 1. The third-order valence-electron chi connectivity index (χ3n) is 3.44. The molecule has 2 N–H and O–H groups in total. The number of aliphatic hydroxyl groups is 1. The molecule has 0 aliphatic carbocycles. The fourth-order valence-electron chi connectivity index (χ4n) is 2.53. The van der Waals surface area contributed by atoms with E-state index in [2.05, 4.69) is 57.8 Å². The first-order chi connectivity index (χ1) is 11.3. The molecule has 1 saturated heterocycles. The number of amides is 1. The summed E-state index contributed by atoms with van der Waals surface area (Å²) in [4.78, 5) is 23.7. The quantitative estimate of drug-likeness (QED) is 0.348. The number of nitro benzene ring substituents is 1. The number of aliphatic hydroxyl groups excluding tert-OH is 1. The van der Waals surface area contributed by atoms with Gasteiger partial charge in [0.05, 0.1) is 11.0 Å². The van der Waals surface area contributed by atoms with Gasteiger partial charge in [0, 0.05) is 30.7 Å². The van der Waals surface area contributed by atoms with E-state index in [0.717, 1.165) is 0 Å². The number of fused-ring (bicyclic) bond motifs is 1. The zero-order valence-corrected chi connectivity index (χ0v) is 16.9. The predicted molar refractivity (Wildman–Crippen MR) is 101 cm³/mol. The van der Waals surface area contributed by atoms with Gasteiger partial charge in [-0.2, -0.15) is 5.10 Å². The number of non-ortho nitro benzene ring substituents is 1. The molecular formula is C12H12BBr3N4O4. The van der Waals surface area contributed by atoms with Gasteiger partial charge in [0.25, 0.3) is 11.6 Å². The van der Waals surface area contributed by atoms with Gasteiger partial charge in [-0.15, -0.1) is 47.3 Å². The van der Waals surface area contributed by atoms with Crippen LogP contribution < -0.4 is 5.43 Å². The standard InChI is InChI=1S/C12H12N4O4.BBr3/c17-9-5-10-12(18)14-13-11(15(10)6-9)7-2-1-3-8(4-7)16(19)20;2-1(3)4/h1-4,9-10,17H,5-6H2,(H,14,18);/t9-,10+;/m1./s1. The van der Waals surface area contributed by atoms with Crippen molar-refractivity contribution in [2.45, 2.75) is 18.6 Å². The highest BCUT2D eigenvalue weighted by atomic mass is 79.9. The Balaban J connectivity index is 0.000000471. The van der Waals surface area contributed by atoms with Crippen LogP contribution in [0.2, 0.25) is 0 Å². The van der Waals surface area contributed by atoms with Crippen molar-refractivity contribution in [1.82, 2.24) is 10.3 Å². The highest BCUT2D eigenvalue weighted by Gasteiger charge is 2.40. The predicted octanol–water partition coefficient (Wildman–Crippen LogP) is 1.98. The number of nitrogens with zero attached hydrogens (tertiary/aromatic N) is 3. The van der Waals surface area contributed by atoms with Crippen LogP contribution in [0.3, 0.4) is 0 Å². The van der Waals surface area contributed by atoms with Crippen molar-refractivity contribution in [3.8, 4) is 0 Å². The second-order valence-corrected chi connectivity index (χ2v) is 11.5. The molecule has 0 bridgehead atoms. The number of benzene rings is 1. The van der Waals surface area contributed by atoms with E-state index in [9.17, 15) is 20.0 Å². The van der Waals surface area contributed by atoms with E-state index in [1.54, 1.807) is 17.0 Å². The zero-order chi connectivity index (χ0) is 17.9.